The summed E-state index contributed by atoms with van der Waals surface area (Å²) in [4.78, 5) is 2.55. The Hall–Kier alpha value is -1.52. The molecule has 5 rings (SSSR count). The number of hydrogen-bond donors (Lipinski definition) is 0. The molecule has 0 unspecified atom stereocenters. The first-order valence-electron chi connectivity index (χ1n) is 8.61. The Balaban J connectivity index is 1.66. The van der Waals surface area contributed by atoms with Crippen molar-refractivity contribution in [2.45, 2.75) is 37.1 Å². The molecule has 2 heterocycles. The van der Waals surface area contributed by atoms with Gasteiger partial charge in [0.25, 0.3) is 0 Å². The van der Waals surface area contributed by atoms with E-state index >= 15 is 0 Å². The van der Waals surface area contributed by atoms with Gasteiger partial charge in [-0.3, -0.25) is 0 Å². The van der Waals surface area contributed by atoms with Crippen LogP contribution in [0.3, 0.4) is 0 Å². The third kappa shape index (κ3) is 1.79. The van der Waals surface area contributed by atoms with Gasteiger partial charge in [-0.15, -0.1) is 0 Å². The van der Waals surface area contributed by atoms with E-state index in [9.17, 15) is 0 Å². The molecule has 4 heteroatoms. The number of rotatable bonds is 3. The SMILES string of the molecule is COCOc1cc2c(c3c1O3)C[C@@H]1[C@@H]3C=CCC[C@]23CCN1C. The smallest absolute Gasteiger partial charge is 0.212 e. The fraction of sp³-hybridized carbons (Fsp3) is 0.579. The molecule has 0 amide bonds. The highest BCUT2D eigenvalue weighted by Crippen LogP contribution is 2.63. The largest absolute Gasteiger partial charge is 0.463 e. The second-order valence-electron chi connectivity index (χ2n) is 7.36. The molecular formula is C19H23NO3. The third-order valence-corrected chi connectivity index (χ3v) is 6.38. The van der Waals surface area contributed by atoms with Crippen LogP contribution in [0, 0.1) is 5.92 Å². The number of nitrogens with zero attached hydrogens (tertiary/aromatic N) is 1. The molecule has 1 aromatic rings. The minimum atomic E-state index is 0.270. The van der Waals surface area contributed by atoms with Crippen LogP contribution in [0.4, 0.5) is 0 Å². The van der Waals surface area contributed by atoms with Crippen molar-refractivity contribution in [1.82, 2.24) is 4.90 Å². The van der Waals surface area contributed by atoms with E-state index in [2.05, 4.69) is 30.2 Å². The molecule has 0 aromatic heterocycles. The van der Waals surface area contributed by atoms with Crippen LogP contribution in [0.1, 0.15) is 30.4 Å². The van der Waals surface area contributed by atoms with E-state index in [4.69, 9.17) is 14.2 Å². The quantitative estimate of drug-likeness (QED) is 0.495. The number of fused-ring (bicyclic) bond motifs is 3. The zero-order valence-electron chi connectivity index (χ0n) is 13.8. The summed E-state index contributed by atoms with van der Waals surface area (Å²) >= 11 is 0. The fourth-order valence-corrected chi connectivity index (χ4v) is 5.20. The van der Waals surface area contributed by atoms with E-state index in [0.29, 0.717) is 12.0 Å². The summed E-state index contributed by atoms with van der Waals surface area (Å²) in [5.41, 5.74) is 3.19. The monoisotopic (exact) mass is 313 g/mol. The van der Waals surface area contributed by atoms with E-state index in [1.54, 1.807) is 7.11 Å². The highest BCUT2D eigenvalue weighted by molar-refractivity contribution is 5.71. The summed E-state index contributed by atoms with van der Waals surface area (Å²) in [6, 6.07) is 2.86. The van der Waals surface area contributed by atoms with Crippen molar-refractivity contribution in [3.63, 3.8) is 0 Å². The van der Waals surface area contributed by atoms with Gasteiger partial charge in [-0.2, -0.15) is 0 Å². The molecule has 23 heavy (non-hydrogen) atoms. The highest BCUT2D eigenvalue weighted by Gasteiger charge is 2.54. The molecule has 2 bridgehead atoms. The summed E-state index contributed by atoms with van der Waals surface area (Å²) < 4.78 is 16.7. The number of ether oxygens (including phenoxy) is 3. The number of likely N-dealkylation sites (N-methyl/N-ethyl adjacent to an activating group) is 1. The first-order chi connectivity index (χ1) is 11.2. The van der Waals surface area contributed by atoms with Crippen molar-refractivity contribution >= 4 is 0 Å². The van der Waals surface area contributed by atoms with Crippen molar-refractivity contribution < 1.29 is 14.2 Å². The molecule has 4 aliphatic rings. The number of allylic oxidation sites excluding steroid dienone is 1. The second-order valence-corrected chi connectivity index (χ2v) is 7.36. The van der Waals surface area contributed by atoms with Gasteiger partial charge in [0.15, 0.2) is 18.3 Å². The summed E-state index contributed by atoms with van der Waals surface area (Å²) in [6.07, 6.45) is 9.61. The molecule has 2 aliphatic heterocycles. The Labute approximate surface area is 137 Å². The van der Waals surface area contributed by atoms with Crippen LogP contribution in [0.2, 0.25) is 0 Å². The average molecular weight is 313 g/mol. The van der Waals surface area contributed by atoms with Crippen LogP contribution in [0.15, 0.2) is 18.2 Å². The van der Waals surface area contributed by atoms with E-state index in [0.717, 1.165) is 23.7 Å². The van der Waals surface area contributed by atoms with Gasteiger partial charge < -0.3 is 19.1 Å². The first-order valence-corrected chi connectivity index (χ1v) is 8.61. The molecule has 0 radical (unpaired) electrons. The van der Waals surface area contributed by atoms with Crippen LogP contribution < -0.4 is 9.47 Å². The van der Waals surface area contributed by atoms with Crippen molar-refractivity contribution in [3.8, 4) is 17.2 Å². The topological polar surface area (TPSA) is 34.2 Å². The molecule has 1 aromatic carbocycles. The summed E-state index contributed by atoms with van der Waals surface area (Å²) in [6.45, 7) is 1.46. The van der Waals surface area contributed by atoms with E-state index in [-0.39, 0.29) is 12.2 Å². The lowest BCUT2D eigenvalue weighted by molar-refractivity contribution is 0.0444. The van der Waals surface area contributed by atoms with Gasteiger partial charge >= 0.3 is 0 Å². The molecule has 0 saturated carbocycles. The standard InChI is InChI=1S/C19H23NO3/c1-20-8-7-19-6-4-3-5-13(19)15(20)9-12-14(19)10-16(22-11-21-2)18-17(12)23-18/h3,5,10,13,15H,4,6-9,11H2,1-2H3/t13-,15+,19+/m0/s1. The first kappa shape index (κ1) is 13.9. The van der Waals surface area contributed by atoms with Crippen LogP contribution in [0.5, 0.6) is 17.2 Å². The highest BCUT2D eigenvalue weighted by atomic mass is 16.7. The van der Waals surface area contributed by atoms with Gasteiger partial charge in [-0.25, -0.2) is 0 Å². The lowest BCUT2D eigenvalue weighted by atomic mass is 9.54. The molecule has 1 saturated heterocycles. The van der Waals surface area contributed by atoms with E-state index in [1.807, 2.05) is 0 Å². The minimum Gasteiger partial charge on any atom is -0.463 e. The third-order valence-electron chi connectivity index (χ3n) is 6.38. The number of benzene rings is 1. The average Bonchev–Trinajstić information content (AvgIpc) is 3.37. The van der Waals surface area contributed by atoms with Gasteiger partial charge in [0.2, 0.25) is 5.75 Å². The lowest BCUT2D eigenvalue weighted by Gasteiger charge is -2.56. The zero-order valence-corrected chi connectivity index (χ0v) is 13.8. The number of piperidine rings is 1. The Morgan fingerprint density at radius 2 is 2.26 bits per heavy atom. The van der Waals surface area contributed by atoms with Gasteiger partial charge in [0.05, 0.1) is 0 Å². The molecule has 0 N–H and O–H groups in total. The second kappa shape index (κ2) is 4.74. The minimum absolute atomic E-state index is 0.270. The predicted molar refractivity (Wildman–Crippen MR) is 87.3 cm³/mol. The molecule has 0 spiro atoms. The summed E-state index contributed by atoms with van der Waals surface area (Å²) in [7, 11) is 3.93. The number of likely N-dealkylation sites (tertiary alicyclic amines) is 1. The van der Waals surface area contributed by atoms with Crippen molar-refractivity contribution in [1.29, 1.82) is 0 Å². The normalized spacial score (nSPS) is 33.3. The zero-order chi connectivity index (χ0) is 15.6. The molecule has 1 fully saturated rings. The summed E-state index contributed by atoms with van der Waals surface area (Å²) in [5.74, 6) is 3.50. The van der Waals surface area contributed by atoms with E-state index in [1.165, 1.54) is 36.9 Å². The Bertz CT molecular complexity index is 698. The number of methoxy groups -OCH3 is 1. The molecule has 2 aliphatic carbocycles. The van der Waals surface area contributed by atoms with Gasteiger partial charge in [0, 0.05) is 30.0 Å². The van der Waals surface area contributed by atoms with Crippen molar-refractivity contribution in [2.24, 2.45) is 5.92 Å². The van der Waals surface area contributed by atoms with Crippen molar-refractivity contribution in [2.75, 3.05) is 27.5 Å². The molecule has 3 atom stereocenters. The Morgan fingerprint density at radius 1 is 1.35 bits per heavy atom. The Morgan fingerprint density at radius 3 is 3.13 bits per heavy atom. The van der Waals surface area contributed by atoms with E-state index < -0.39 is 0 Å². The summed E-state index contributed by atoms with van der Waals surface area (Å²) in [5, 5.41) is 0. The van der Waals surface area contributed by atoms with Crippen LogP contribution in [-0.4, -0.2) is 38.4 Å². The molecule has 122 valence electrons. The van der Waals surface area contributed by atoms with Gasteiger partial charge in [-0.05, 0) is 50.9 Å². The van der Waals surface area contributed by atoms with Gasteiger partial charge in [-0.1, -0.05) is 12.2 Å². The lowest BCUT2D eigenvalue weighted by Crippen LogP contribution is -2.58. The van der Waals surface area contributed by atoms with Crippen molar-refractivity contribution in [3.05, 3.63) is 29.3 Å². The van der Waals surface area contributed by atoms with Gasteiger partial charge in [0.1, 0.15) is 0 Å². The van der Waals surface area contributed by atoms with Crippen LogP contribution >= 0.6 is 0 Å². The maximum absolute atomic E-state index is 5.82. The van der Waals surface area contributed by atoms with Crippen LogP contribution in [0.25, 0.3) is 0 Å². The maximum atomic E-state index is 5.82. The molecule has 4 nitrogen and oxygen atoms in total. The van der Waals surface area contributed by atoms with Crippen LogP contribution in [-0.2, 0) is 16.6 Å². The Kier molecular flexibility index (Phi) is 2.86. The number of hydrogen-bond acceptors (Lipinski definition) is 4. The maximum Gasteiger partial charge on any atom is 0.212 e. The predicted octanol–water partition coefficient (Wildman–Crippen LogP) is 3.24. The molecular weight excluding hydrogens is 290 g/mol. The fourth-order valence-electron chi connectivity index (χ4n) is 5.20.